The predicted octanol–water partition coefficient (Wildman–Crippen LogP) is 2.36. The average Bonchev–Trinajstić information content (AvgIpc) is 2.34. The molecule has 0 heterocycles. The molecule has 0 unspecified atom stereocenters. The maximum atomic E-state index is 13.7. The van der Waals surface area contributed by atoms with E-state index in [0.29, 0.717) is 6.42 Å². The lowest BCUT2D eigenvalue weighted by molar-refractivity contribution is 0.411. The summed E-state index contributed by atoms with van der Waals surface area (Å²) in [6, 6.07) is 1.71. The number of nitrogens with zero attached hydrogens (tertiary/aromatic N) is 1. The van der Waals surface area contributed by atoms with E-state index in [1.807, 2.05) is 6.92 Å². The van der Waals surface area contributed by atoms with Gasteiger partial charge in [-0.15, -0.1) is 0 Å². The molecular formula is C12H18F2N2O2S. The van der Waals surface area contributed by atoms with E-state index in [1.165, 1.54) is 0 Å². The highest BCUT2D eigenvalue weighted by atomic mass is 32.2. The third kappa shape index (κ3) is 3.42. The Labute approximate surface area is 112 Å². The normalized spacial score (nSPS) is 12.1. The van der Waals surface area contributed by atoms with Crippen LogP contribution in [0.5, 0.6) is 0 Å². The van der Waals surface area contributed by atoms with Crippen molar-refractivity contribution in [3.63, 3.8) is 0 Å². The first-order valence-electron chi connectivity index (χ1n) is 6.09. The summed E-state index contributed by atoms with van der Waals surface area (Å²) < 4.78 is 52.5. The molecule has 7 heteroatoms. The predicted molar refractivity (Wildman–Crippen MR) is 70.1 cm³/mol. The highest BCUT2D eigenvalue weighted by Gasteiger charge is 2.28. The van der Waals surface area contributed by atoms with Gasteiger partial charge in [0, 0.05) is 18.8 Å². The van der Waals surface area contributed by atoms with E-state index >= 15 is 0 Å². The summed E-state index contributed by atoms with van der Waals surface area (Å²) in [5, 5.41) is 0. The van der Waals surface area contributed by atoms with Crippen molar-refractivity contribution < 1.29 is 17.2 Å². The maximum absolute atomic E-state index is 13.7. The van der Waals surface area contributed by atoms with Gasteiger partial charge in [0.15, 0.2) is 11.6 Å². The van der Waals surface area contributed by atoms with Gasteiger partial charge in [-0.2, -0.15) is 4.31 Å². The van der Waals surface area contributed by atoms with Crippen molar-refractivity contribution in [2.75, 3.05) is 18.8 Å². The number of hydrogen-bond donors (Lipinski definition) is 1. The Morgan fingerprint density at radius 2 is 1.89 bits per heavy atom. The van der Waals surface area contributed by atoms with Crippen LogP contribution in [0.15, 0.2) is 17.0 Å². The van der Waals surface area contributed by atoms with E-state index in [-0.39, 0.29) is 18.8 Å². The Bertz CT molecular complexity index is 547. The SMILES string of the molecule is CCCCN(CC)S(=O)(=O)c1cc(N)cc(F)c1F. The first kappa shape index (κ1) is 15.8. The Hall–Kier alpha value is -1.21. The zero-order chi connectivity index (χ0) is 14.6. The van der Waals surface area contributed by atoms with Gasteiger partial charge in [0.05, 0.1) is 0 Å². The van der Waals surface area contributed by atoms with Crippen molar-refractivity contribution in [2.24, 2.45) is 0 Å². The number of rotatable bonds is 6. The molecule has 0 spiro atoms. The van der Waals surface area contributed by atoms with Gasteiger partial charge in [-0.3, -0.25) is 0 Å². The van der Waals surface area contributed by atoms with Crippen LogP contribution >= 0.6 is 0 Å². The molecule has 0 aromatic heterocycles. The van der Waals surface area contributed by atoms with Gasteiger partial charge in [-0.05, 0) is 18.6 Å². The van der Waals surface area contributed by atoms with Gasteiger partial charge < -0.3 is 5.73 Å². The van der Waals surface area contributed by atoms with Crippen LogP contribution in [0.25, 0.3) is 0 Å². The molecule has 0 amide bonds. The number of nitrogens with two attached hydrogens (primary N) is 1. The molecule has 2 N–H and O–H groups in total. The Kier molecular flexibility index (Phi) is 5.25. The summed E-state index contributed by atoms with van der Waals surface area (Å²) in [6.07, 6.45) is 1.46. The second-order valence-corrected chi connectivity index (χ2v) is 6.07. The van der Waals surface area contributed by atoms with Crippen molar-refractivity contribution >= 4 is 15.7 Å². The fourth-order valence-electron chi connectivity index (χ4n) is 1.69. The van der Waals surface area contributed by atoms with Crippen molar-refractivity contribution in [3.05, 3.63) is 23.8 Å². The molecule has 0 saturated heterocycles. The van der Waals surface area contributed by atoms with Gasteiger partial charge in [0.25, 0.3) is 0 Å². The molecule has 0 radical (unpaired) electrons. The molecule has 19 heavy (non-hydrogen) atoms. The van der Waals surface area contributed by atoms with Crippen LogP contribution in [0.4, 0.5) is 14.5 Å². The zero-order valence-corrected chi connectivity index (χ0v) is 11.8. The second kappa shape index (κ2) is 6.29. The lowest BCUT2D eigenvalue weighted by Crippen LogP contribution is -2.32. The topological polar surface area (TPSA) is 63.4 Å². The Balaban J connectivity index is 3.25. The van der Waals surface area contributed by atoms with Crippen LogP contribution in [0, 0.1) is 11.6 Å². The maximum Gasteiger partial charge on any atom is 0.246 e. The van der Waals surface area contributed by atoms with E-state index in [9.17, 15) is 17.2 Å². The van der Waals surface area contributed by atoms with Gasteiger partial charge in [0.1, 0.15) is 4.90 Å². The second-order valence-electron chi connectivity index (χ2n) is 4.17. The quantitative estimate of drug-likeness (QED) is 0.819. The molecule has 0 saturated carbocycles. The van der Waals surface area contributed by atoms with Gasteiger partial charge in [-0.1, -0.05) is 20.3 Å². The third-order valence-electron chi connectivity index (χ3n) is 2.75. The van der Waals surface area contributed by atoms with Crippen LogP contribution in [0.3, 0.4) is 0 Å². The van der Waals surface area contributed by atoms with E-state index in [4.69, 9.17) is 5.73 Å². The van der Waals surface area contributed by atoms with Gasteiger partial charge in [-0.25, -0.2) is 17.2 Å². The van der Waals surface area contributed by atoms with Gasteiger partial charge >= 0.3 is 0 Å². The lowest BCUT2D eigenvalue weighted by Gasteiger charge is -2.20. The van der Waals surface area contributed by atoms with E-state index in [2.05, 4.69) is 0 Å². The molecule has 1 aromatic carbocycles. The smallest absolute Gasteiger partial charge is 0.246 e. The van der Waals surface area contributed by atoms with Crippen LogP contribution < -0.4 is 5.73 Å². The monoisotopic (exact) mass is 292 g/mol. The zero-order valence-electron chi connectivity index (χ0n) is 11.0. The minimum absolute atomic E-state index is 0.121. The molecular weight excluding hydrogens is 274 g/mol. The molecule has 4 nitrogen and oxygen atoms in total. The van der Waals surface area contributed by atoms with Crippen molar-refractivity contribution in [3.8, 4) is 0 Å². The summed E-state index contributed by atoms with van der Waals surface area (Å²) in [5.74, 6) is -2.64. The van der Waals surface area contributed by atoms with E-state index in [0.717, 1.165) is 22.9 Å². The minimum atomic E-state index is -4.06. The molecule has 0 atom stereocenters. The molecule has 0 bridgehead atoms. The standard InChI is InChI=1S/C12H18F2N2O2S/c1-3-5-6-16(4-2)19(17,18)11-8-9(15)7-10(13)12(11)14/h7-8H,3-6,15H2,1-2H3. The summed E-state index contributed by atoms with van der Waals surface area (Å²) >= 11 is 0. The highest BCUT2D eigenvalue weighted by Crippen LogP contribution is 2.24. The lowest BCUT2D eigenvalue weighted by atomic mass is 10.3. The number of nitrogen functional groups attached to an aromatic ring is 1. The average molecular weight is 292 g/mol. The van der Waals surface area contributed by atoms with Crippen LogP contribution in [-0.4, -0.2) is 25.8 Å². The van der Waals surface area contributed by atoms with Crippen LogP contribution in [0.2, 0.25) is 0 Å². The highest BCUT2D eigenvalue weighted by molar-refractivity contribution is 7.89. The molecule has 0 fully saturated rings. The number of hydrogen-bond acceptors (Lipinski definition) is 3. The number of sulfonamides is 1. The third-order valence-corrected chi connectivity index (χ3v) is 4.72. The minimum Gasteiger partial charge on any atom is -0.399 e. The largest absolute Gasteiger partial charge is 0.399 e. The molecule has 1 rings (SSSR count). The van der Waals surface area contributed by atoms with Crippen molar-refractivity contribution in [1.82, 2.24) is 4.31 Å². The van der Waals surface area contributed by atoms with Crippen LogP contribution in [-0.2, 0) is 10.0 Å². The summed E-state index contributed by atoms with van der Waals surface area (Å²) in [6.45, 7) is 4.03. The summed E-state index contributed by atoms with van der Waals surface area (Å²) in [4.78, 5) is -0.706. The molecule has 108 valence electrons. The Morgan fingerprint density at radius 3 is 2.42 bits per heavy atom. The van der Waals surface area contributed by atoms with Gasteiger partial charge in [0.2, 0.25) is 10.0 Å². The first-order chi connectivity index (χ1) is 8.84. The summed E-state index contributed by atoms with van der Waals surface area (Å²) in [5.41, 5.74) is 5.26. The summed E-state index contributed by atoms with van der Waals surface area (Å²) in [7, 11) is -4.06. The molecule has 0 aliphatic carbocycles. The molecule has 0 aliphatic rings. The van der Waals surface area contributed by atoms with Crippen molar-refractivity contribution in [1.29, 1.82) is 0 Å². The Morgan fingerprint density at radius 1 is 1.26 bits per heavy atom. The fraction of sp³-hybridized carbons (Fsp3) is 0.500. The number of benzene rings is 1. The number of unbranched alkanes of at least 4 members (excludes halogenated alkanes) is 1. The first-order valence-corrected chi connectivity index (χ1v) is 7.53. The molecule has 0 aliphatic heterocycles. The number of anilines is 1. The van der Waals surface area contributed by atoms with E-state index < -0.39 is 26.6 Å². The molecule has 1 aromatic rings. The number of halogens is 2. The van der Waals surface area contributed by atoms with E-state index in [1.54, 1.807) is 6.92 Å². The van der Waals surface area contributed by atoms with Crippen molar-refractivity contribution in [2.45, 2.75) is 31.6 Å². The van der Waals surface area contributed by atoms with Crippen LogP contribution in [0.1, 0.15) is 26.7 Å². The fourth-order valence-corrected chi connectivity index (χ4v) is 3.29.